The lowest BCUT2D eigenvalue weighted by Gasteiger charge is -2.13. The second-order valence-corrected chi connectivity index (χ2v) is 7.93. The molecule has 2 aromatic rings. The van der Waals surface area contributed by atoms with E-state index in [1.165, 1.54) is 60.4 Å². The van der Waals surface area contributed by atoms with Crippen LogP contribution in [0.15, 0.2) is 24.3 Å². The summed E-state index contributed by atoms with van der Waals surface area (Å²) in [4.78, 5) is 37.2. The summed E-state index contributed by atoms with van der Waals surface area (Å²) in [7, 11) is 1.39. The third-order valence-electron chi connectivity index (χ3n) is 4.76. The number of benzene rings is 1. The van der Waals surface area contributed by atoms with Gasteiger partial charge in [-0.15, -0.1) is 11.3 Å². The van der Waals surface area contributed by atoms with Crippen LogP contribution in [0.2, 0.25) is 0 Å². The molecular weight excluding hydrogens is 396 g/mol. The van der Waals surface area contributed by atoms with E-state index in [4.69, 9.17) is 9.47 Å². The number of carbonyl (C=O) groups excluding carboxylic acids is 2. The van der Waals surface area contributed by atoms with E-state index in [0.29, 0.717) is 10.6 Å². The largest absolute Gasteiger partial charge is 0.496 e. The first-order valence-corrected chi connectivity index (χ1v) is 10.2. The van der Waals surface area contributed by atoms with Crippen LogP contribution in [0, 0.1) is 10.1 Å². The van der Waals surface area contributed by atoms with Crippen LogP contribution in [0.25, 0.3) is 0 Å². The highest BCUT2D eigenvalue weighted by atomic mass is 32.1. The van der Waals surface area contributed by atoms with Crippen LogP contribution in [0.4, 0.5) is 11.4 Å². The van der Waals surface area contributed by atoms with Gasteiger partial charge < -0.3 is 14.8 Å². The summed E-state index contributed by atoms with van der Waals surface area (Å²) in [5.41, 5.74) is 0.884. The zero-order valence-electron chi connectivity index (χ0n) is 16.2. The number of thiophene rings is 1. The molecule has 0 bridgehead atoms. The van der Waals surface area contributed by atoms with Gasteiger partial charge in [0.2, 0.25) is 0 Å². The van der Waals surface area contributed by atoms with Gasteiger partial charge in [-0.2, -0.15) is 0 Å². The van der Waals surface area contributed by atoms with Crippen LogP contribution in [0.3, 0.4) is 0 Å². The molecule has 8 nitrogen and oxygen atoms in total. The number of fused-ring (bicyclic) bond motifs is 1. The molecule has 0 unspecified atom stereocenters. The number of nitrogens with one attached hydrogen (secondary N) is 1. The zero-order chi connectivity index (χ0) is 21.0. The number of methoxy groups -OCH3 is 1. The molecule has 154 valence electrons. The molecule has 1 aliphatic rings. The molecule has 1 atom stereocenters. The van der Waals surface area contributed by atoms with Crippen LogP contribution in [-0.4, -0.2) is 30.0 Å². The molecule has 1 aromatic carbocycles. The van der Waals surface area contributed by atoms with Crippen LogP contribution in [0.5, 0.6) is 5.75 Å². The van der Waals surface area contributed by atoms with Gasteiger partial charge in [-0.1, -0.05) is 6.42 Å². The molecule has 1 aromatic heterocycles. The number of nitro groups is 1. The van der Waals surface area contributed by atoms with E-state index in [1.54, 1.807) is 0 Å². The fourth-order valence-electron chi connectivity index (χ4n) is 3.17. The van der Waals surface area contributed by atoms with Gasteiger partial charge in [-0.25, -0.2) is 4.79 Å². The van der Waals surface area contributed by atoms with Gasteiger partial charge in [0.25, 0.3) is 11.6 Å². The average molecular weight is 418 g/mol. The van der Waals surface area contributed by atoms with Crippen molar-refractivity contribution in [3.63, 3.8) is 0 Å². The molecule has 0 spiro atoms. The van der Waals surface area contributed by atoms with Crippen LogP contribution >= 0.6 is 11.3 Å². The number of nitro benzene ring substituents is 1. The van der Waals surface area contributed by atoms with Crippen molar-refractivity contribution in [1.82, 2.24) is 0 Å². The molecule has 0 saturated carbocycles. The zero-order valence-corrected chi connectivity index (χ0v) is 17.0. The summed E-state index contributed by atoms with van der Waals surface area (Å²) in [6.07, 6.45) is 4.22. The number of nitrogens with zero attached hydrogens (tertiary/aromatic N) is 1. The summed E-state index contributed by atoms with van der Waals surface area (Å²) in [6.45, 7) is 1.43. The predicted octanol–water partition coefficient (Wildman–Crippen LogP) is 4.12. The average Bonchev–Trinajstić information content (AvgIpc) is 2.98. The Balaban J connectivity index is 1.66. The number of aryl methyl sites for hydroxylation is 2. The summed E-state index contributed by atoms with van der Waals surface area (Å²) in [6, 6.07) is 5.94. The van der Waals surface area contributed by atoms with Gasteiger partial charge in [0.15, 0.2) is 6.10 Å². The third-order valence-corrected chi connectivity index (χ3v) is 5.98. The van der Waals surface area contributed by atoms with Gasteiger partial charge in [0.1, 0.15) is 16.3 Å². The normalized spacial score (nSPS) is 14.3. The molecule has 1 heterocycles. The molecule has 29 heavy (non-hydrogen) atoms. The van der Waals surface area contributed by atoms with Gasteiger partial charge in [-0.05, 0) is 56.4 Å². The van der Waals surface area contributed by atoms with Crippen LogP contribution in [0.1, 0.15) is 46.3 Å². The Bertz CT molecular complexity index is 916. The Kier molecular flexibility index (Phi) is 6.48. The molecule has 0 radical (unpaired) electrons. The molecule has 1 aliphatic carbocycles. The minimum atomic E-state index is -1.11. The first-order chi connectivity index (χ1) is 13.9. The van der Waals surface area contributed by atoms with E-state index in [2.05, 4.69) is 5.32 Å². The maximum Gasteiger partial charge on any atom is 0.349 e. The summed E-state index contributed by atoms with van der Waals surface area (Å²) in [5, 5.41) is 13.7. The lowest BCUT2D eigenvalue weighted by atomic mass is 10.1. The molecule has 0 aliphatic heterocycles. The van der Waals surface area contributed by atoms with Crippen LogP contribution in [-0.2, 0) is 22.4 Å². The molecule has 3 rings (SSSR count). The van der Waals surface area contributed by atoms with Crippen molar-refractivity contribution >= 4 is 34.6 Å². The van der Waals surface area contributed by atoms with Crippen molar-refractivity contribution in [2.24, 2.45) is 0 Å². The Morgan fingerprint density at radius 2 is 1.97 bits per heavy atom. The van der Waals surface area contributed by atoms with E-state index in [-0.39, 0.29) is 11.4 Å². The van der Waals surface area contributed by atoms with E-state index in [9.17, 15) is 19.7 Å². The molecular formula is C20H22N2O6S. The molecule has 0 saturated heterocycles. The molecule has 1 amide bonds. The summed E-state index contributed by atoms with van der Waals surface area (Å²) >= 11 is 1.42. The molecule has 1 N–H and O–H groups in total. The Labute approximate surface area is 172 Å². The highest BCUT2D eigenvalue weighted by Crippen LogP contribution is 2.31. The number of esters is 1. The SMILES string of the molecule is COc1ccc(NC(=O)[C@@H](C)OC(=O)c2cc3c(s2)CCCCC3)c([N+](=O)[O-])c1. The topological polar surface area (TPSA) is 108 Å². The minimum absolute atomic E-state index is 0.00605. The number of amides is 1. The Morgan fingerprint density at radius 1 is 1.21 bits per heavy atom. The van der Waals surface area contributed by atoms with Gasteiger partial charge >= 0.3 is 5.97 Å². The van der Waals surface area contributed by atoms with Crippen molar-refractivity contribution in [2.75, 3.05) is 12.4 Å². The smallest absolute Gasteiger partial charge is 0.349 e. The molecule has 9 heteroatoms. The Hall–Kier alpha value is -2.94. The summed E-state index contributed by atoms with van der Waals surface area (Å²) in [5.74, 6) is -0.911. The lowest BCUT2D eigenvalue weighted by Crippen LogP contribution is -2.30. The second kappa shape index (κ2) is 9.04. The Morgan fingerprint density at radius 3 is 2.69 bits per heavy atom. The lowest BCUT2D eigenvalue weighted by molar-refractivity contribution is -0.384. The number of carbonyl (C=O) groups is 2. The number of rotatable bonds is 6. The number of anilines is 1. The van der Waals surface area contributed by atoms with Crippen molar-refractivity contribution in [1.29, 1.82) is 0 Å². The second-order valence-electron chi connectivity index (χ2n) is 6.80. The van der Waals surface area contributed by atoms with E-state index >= 15 is 0 Å². The summed E-state index contributed by atoms with van der Waals surface area (Å²) < 4.78 is 10.3. The third kappa shape index (κ3) is 4.92. The fourth-order valence-corrected chi connectivity index (χ4v) is 4.31. The number of ether oxygens (including phenoxy) is 2. The monoisotopic (exact) mass is 418 g/mol. The maximum absolute atomic E-state index is 12.5. The van der Waals surface area contributed by atoms with Crippen molar-refractivity contribution < 1.29 is 24.0 Å². The number of hydrogen-bond donors (Lipinski definition) is 1. The van der Waals surface area contributed by atoms with Crippen molar-refractivity contribution in [3.05, 3.63) is 49.7 Å². The van der Waals surface area contributed by atoms with Gasteiger partial charge in [0.05, 0.1) is 18.1 Å². The van der Waals surface area contributed by atoms with E-state index < -0.39 is 22.9 Å². The fraction of sp³-hybridized carbons (Fsp3) is 0.400. The molecule has 0 fully saturated rings. The van der Waals surface area contributed by atoms with Crippen LogP contribution < -0.4 is 10.1 Å². The van der Waals surface area contributed by atoms with Crippen molar-refractivity contribution in [3.8, 4) is 5.75 Å². The quantitative estimate of drug-likeness (QED) is 0.327. The van der Waals surface area contributed by atoms with E-state index in [0.717, 1.165) is 25.7 Å². The maximum atomic E-state index is 12.5. The first-order valence-electron chi connectivity index (χ1n) is 9.35. The first kappa shape index (κ1) is 20.8. The minimum Gasteiger partial charge on any atom is -0.496 e. The highest BCUT2D eigenvalue weighted by Gasteiger charge is 2.24. The van der Waals surface area contributed by atoms with Gasteiger partial charge in [0, 0.05) is 4.88 Å². The standard InChI is InChI=1S/C20H22N2O6S/c1-12(19(23)21-15-9-8-14(27-2)11-16(15)22(25)26)28-20(24)18-10-13-6-4-3-5-7-17(13)29-18/h8-12H,3-7H2,1-2H3,(H,21,23)/t12-/m1/s1. The highest BCUT2D eigenvalue weighted by molar-refractivity contribution is 7.14. The van der Waals surface area contributed by atoms with Crippen molar-refractivity contribution in [2.45, 2.75) is 45.1 Å². The van der Waals surface area contributed by atoms with Gasteiger partial charge in [-0.3, -0.25) is 14.9 Å². The predicted molar refractivity (Wildman–Crippen MR) is 109 cm³/mol. The van der Waals surface area contributed by atoms with E-state index in [1.807, 2.05) is 6.07 Å². The number of hydrogen-bond acceptors (Lipinski definition) is 7.